The summed E-state index contributed by atoms with van der Waals surface area (Å²) >= 11 is 6.29. The van der Waals surface area contributed by atoms with Crippen molar-refractivity contribution in [1.29, 1.82) is 0 Å². The predicted molar refractivity (Wildman–Crippen MR) is 103 cm³/mol. The molecule has 1 saturated heterocycles. The monoisotopic (exact) mass is 435 g/mol. The molecule has 4 rings (SSSR count). The fourth-order valence-corrected chi connectivity index (χ4v) is 3.58. The second-order valence-electron chi connectivity index (χ2n) is 6.51. The van der Waals surface area contributed by atoms with Crippen LogP contribution >= 0.6 is 11.6 Å². The van der Waals surface area contributed by atoms with Crippen LogP contribution in [0.25, 0.3) is 10.9 Å². The van der Waals surface area contributed by atoms with Gasteiger partial charge in [0.05, 0.1) is 16.2 Å². The van der Waals surface area contributed by atoms with Gasteiger partial charge in [-0.3, -0.25) is 9.78 Å². The first-order chi connectivity index (χ1) is 14.2. The average molecular weight is 436 g/mol. The van der Waals surface area contributed by atoms with Crippen LogP contribution in [0.4, 0.5) is 23.7 Å². The van der Waals surface area contributed by atoms with E-state index in [2.05, 4.69) is 9.72 Å². The number of imide groups is 1. The molecular weight excluding hydrogens is 423 g/mol. The van der Waals surface area contributed by atoms with Gasteiger partial charge in [0.1, 0.15) is 12.3 Å². The highest BCUT2D eigenvalue weighted by atomic mass is 35.5. The fraction of sp³-hybridized carbons (Fsp3) is 0.150. The molecule has 0 bridgehead atoms. The molecule has 10 heteroatoms. The lowest BCUT2D eigenvalue weighted by Crippen LogP contribution is -2.32. The number of carbonyl (C=O) groups excluding carboxylic acids is 2. The number of hydrogen-bond donors (Lipinski definition) is 0. The number of alkyl halides is 3. The van der Waals surface area contributed by atoms with E-state index in [1.807, 2.05) is 0 Å². The predicted octanol–water partition coefficient (Wildman–Crippen LogP) is 4.76. The Kier molecular flexibility index (Phi) is 4.98. The van der Waals surface area contributed by atoms with Crippen LogP contribution < -0.4 is 9.64 Å². The van der Waals surface area contributed by atoms with Gasteiger partial charge < -0.3 is 9.64 Å². The zero-order valence-corrected chi connectivity index (χ0v) is 15.9. The standard InChI is InChI=1S/C20H13ClF3N3O3/c21-15-2-1-3-16-18(15)12(8-9-25-16)10-26-11-17(28)27(19(26)29)13-4-6-14(7-5-13)30-20(22,23)24/h1-9H,10-11H2. The van der Waals surface area contributed by atoms with Gasteiger partial charge in [-0.15, -0.1) is 13.2 Å². The highest BCUT2D eigenvalue weighted by Crippen LogP contribution is 2.30. The lowest BCUT2D eigenvalue weighted by molar-refractivity contribution is -0.274. The first kappa shape index (κ1) is 20.0. The van der Waals surface area contributed by atoms with Crippen LogP contribution in [0.15, 0.2) is 54.7 Å². The summed E-state index contributed by atoms with van der Waals surface area (Å²) in [5.74, 6) is -0.936. The van der Waals surface area contributed by atoms with E-state index in [0.29, 0.717) is 15.9 Å². The van der Waals surface area contributed by atoms with Crippen LogP contribution in [0, 0.1) is 0 Å². The van der Waals surface area contributed by atoms with E-state index in [1.165, 1.54) is 17.0 Å². The Bertz CT molecular complexity index is 1130. The molecule has 3 amide bonds. The van der Waals surface area contributed by atoms with Gasteiger partial charge in [0, 0.05) is 18.1 Å². The molecule has 0 unspecified atom stereocenters. The molecule has 3 aromatic rings. The van der Waals surface area contributed by atoms with Gasteiger partial charge >= 0.3 is 12.4 Å². The second kappa shape index (κ2) is 7.49. The minimum absolute atomic E-state index is 0.124. The number of carbonyl (C=O) groups is 2. The summed E-state index contributed by atoms with van der Waals surface area (Å²) in [5.41, 5.74) is 1.54. The van der Waals surface area contributed by atoms with E-state index in [0.717, 1.165) is 22.6 Å². The number of hydrogen-bond acceptors (Lipinski definition) is 4. The fourth-order valence-electron chi connectivity index (χ4n) is 3.29. The Balaban J connectivity index is 1.57. The topological polar surface area (TPSA) is 62.7 Å². The van der Waals surface area contributed by atoms with Crippen LogP contribution in [0.1, 0.15) is 5.56 Å². The Morgan fingerprint density at radius 2 is 1.80 bits per heavy atom. The van der Waals surface area contributed by atoms with Gasteiger partial charge in [-0.05, 0) is 48.0 Å². The minimum atomic E-state index is -4.83. The van der Waals surface area contributed by atoms with Crippen molar-refractivity contribution in [1.82, 2.24) is 9.88 Å². The number of aromatic nitrogens is 1. The Hall–Kier alpha value is -3.33. The van der Waals surface area contributed by atoms with E-state index in [9.17, 15) is 22.8 Å². The van der Waals surface area contributed by atoms with Gasteiger partial charge in [0.25, 0.3) is 5.91 Å². The number of rotatable bonds is 4. The maximum absolute atomic E-state index is 12.8. The SMILES string of the molecule is O=C1CN(Cc2ccnc3cccc(Cl)c23)C(=O)N1c1ccc(OC(F)(F)F)cc1. The molecule has 1 aliphatic heterocycles. The first-order valence-corrected chi connectivity index (χ1v) is 9.10. The van der Waals surface area contributed by atoms with E-state index in [4.69, 9.17) is 11.6 Å². The summed E-state index contributed by atoms with van der Waals surface area (Å²) in [7, 11) is 0. The summed E-state index contributed by atoms with van der Waals surface area (Å²) in [5, 5.41) is 1.17. The van der Waals surface area contributed by atoms with Crippen molar-refractivity contribution in [2.45, 2.75) is 12.9 Å². The summed E-state index contributed by atoms with van der Waals surface area (Å²) in [6.07, 6.45) is -3.24. The number of urea groups is 1. The van der Waals surface area contributed by atoms with Crippen molar-refractivity contribution in [3.63, 3.8) is 0 Å². The average Bonchev–Trinajstić information content (AvgIpc) is 2.95. The Labute approximate surface area is 173 Å². The van der Waals surface area contributed by atoms with Crippen molar-refractivity contribution in [2.24, 2.45) is 0 Å². The third-order valence-electron chi connectivity index (χ3n) is 4.53. The first-order valence-electron chi connectivity index (χ1n) is 8.73. The molecule has 2 heterocycles. The number of ether oxygens (including phenoxy) is 1. The molecule has 1 aliphatic rings. The van der Waals surface area contributed by atoms with Gasteiger partial charge in [0.2, 0.25) is 0 Å². The summed E-state index contributed by atoms with van der Waals surface area (Å²) in [6.45, 7) is -0.0486. The maximum Gasteiger partial charge on any atom is 0.573 e. The molecule has 1 fully saturated rings. The Morgan fingerprint density at radius 3 is 2.50 bits per heavy atom. The smallest absolute Gasteiger partial charge is 0.406 e. The quantitative estimate of drug-likeness (QED) is 0.554. The van der Waals surface area contributed by atoms with Crippen molar-refractivity contribution in [2.75, 3.05) is 11.4 Å². The van der Waals surface area contributed by atoms with Gasteiger partial charge in [0.15, 0.2) is 0 Å². The third kappa shape index (κ3) is 3.88. The van der Waals surface area contributed by atoms with Crippen LogP contribution in [-0.2, 0) is 11.3 Å². The molecule has 6 nitrogen and oxygen atoms in total. The lowest BCUT2D eigenvalue weighted by atomic mass is 10.1. The molecule has 0 saturated carbocycles. The number of fused-ring (bicyclic) bond motifs is 1. The second-order valence-corrected chi connectivity index (χ2v) is 6.92. The number of halogens is 4. The van der Waals surface area contributed by atoms with E-state index >= 15 is 0 Å². The highest BCUT2D eigenvalue weighted by molar-refractivity contribution is 6.35. The number of benzene rings is 2. The van der Waals surface area contributed by atoms with E-state index < -0.39 is 24.1 Å². The summed E-state index contributed by atoms with van der Waals surface area (Å²) in [6, 6.07) is 10.9. The molecule has 0 radical (unpaired) electrons. The van der Waals surface area contributed by atoms with Crippen LogP contribution in [0.3, 0.4) is 0 Å². The number of anilines is 1. The number of nitrogens with zero attached hydrogens (tertiary/aromatic N) is 3. The zero-order valence-electron chi connectivity index (χ0n) is 15.2. The van der Waals surface area contributed by atoms with Crippen molar-refractivity contribution in [3.8, 4) is 5.75 Å². The van der Waals surface area contributed by atoms with Crippen LogP contribution in [0.5, 0.6) is 5.75 Å². The van der Waals surface area contributed by atoms with Gasteiger partial charge in [-0.2, -0.15) is 0 Å². The molecule has 2 aromatic carbocycles. The van der Waals surface area contributed by atoms with Crippen molar-refractivity contribution >= 4 is 40.1 Å². The third-order valence-corrected chi connectivity index (χ3v) is 4.84. The summed E-state index contributed by atoms with van der Waals surface area (Å²) in [4.78, 5) is 31.8. The minimum Gasteiger partial charge on any atom is -0.406 e. The molecule has 0 spiro atoms. The highest BCUT2D eigenvalue weighted by Gasteiger charge is 2.37. The number of amides is 3. The largest absolute Gasteiger partial charge is 0.573 e. The van der Waals surface area contributed by atoms with E-state index in [-0.39, 0.29) is 18.8 Å². The van der Waals surface area contributed by atoms with Crippen LogP contribution in [-0.4, -0.2) is 34.7 Å². The molecular formula is C20H13ClF3N3O3. The van der Waals surface area contributed by atoms with Crippen molar-refractivity contribution < 1.29 is 27.5 Å². The maximum atomic E-state index is 12.8. The molecule has 0 N–H and O–H groups in total. The van der Waals surface area contributed by atoms with Gasteiger partial charge in [-0.25, -0.2) is 9.69 Å². The molecule has 0 aliphatic carbocycles. The Morgan fingerprint density at radius 1 is 1.07 bits per heavy atom. The molecule has 0 atom stereocenters. The molecule has 1 aromatic heterocycles. The van der Waals surface area contributed by atoms with Gasteiger partial charge in [-0.1, -0.05) is 17.7 Å². The summed E-state index contributed by atoms with van der Waals surface area (Å²) < 4.78 is 40.7. The van der Waals surface area contributed by atoms with Crippen LogP contribution in [0.2, 0.25) is 5.02 Å². The van der Waals surface area contributed by atoms with E-state index in [1.54, 1.807) is 30.5 Å². The molecule has 30 heavy (non-hydrogen) atoms. The van der Waals surface area contributed by atoms with Crippen molar-refractivity contribution in [3.05, 3.63) is 65.3 Å². The zero-order chi connectivity index (χ0) is 21.5. The molecule has 154 valence electrons. The lowest BCUT2D eigenvalue weighted by Gasteiger charge is -2.18. The number of pyridine rings is 1. The normalized spacial score (nSPS) is 14.7.